The van der Waals surface area contributed by atoms with E-state index < -0.39 is 5.91 Å². The summed E-state index contributed by atoms with van der Waals surface area (Å²) in [6, 6.07) is 19.5. The van der Waals surface area contributed by atoms with Gasteiger partial charge in [-0.1, -0.05) is 35.9 Å². The second-order valence-electron chi connectivity index (χ2n) is 9.50. The van der Waals surface area contributed by atoms with Crippen LogP contribution in [0.3, 0.4) is 0 Å². The van der Waals surface area contributed by atoms with Gasteiger partial charge in [0.05, 0.1) is 12.2 Å². The highest BCUT2D eigenvalue weighted by atomic mass is 35.5. The third kappa shape index (κ3) is 4.02. The van der Waals surface area contributed by atoms with Crippen LogP contribution in [0.25, 0.3) is 10.9 Å². The van der Waals surface area contributed by atoms with E-state index in [-0.39, 0.29) is 23.0 Å². The summed E-state index contributed by atoms with van der Waals surface area (Å²) in [5, 5.41) is 20.4. The number of fused-ring (bicyclic) bond motifs is 5. The average Bonchev–Trinajstić information content (AvgIpc) is 3.14. The van der Waals surface area contributed by atoms with Crippen molar-refractivity contribution in [2.45, 2.75) is 25.6 Å². The van der Waals surface area contributed by atoms with Gasteiger partial charge in [-0.25, -0.2) is 0 Å². The van der Waals surface area contributed by atoms with Gasteiger partial charge in [0.2, 0.25) is 5.88 Å². The second-order valence-corrected chi connectivity index (χ2v) is 9.94. The maximum Gasteiger partial charge on any atom is 0.295 e. The molecule has 0 unspecified atom stereocenters. The molecule has 4 aromatic rings. The summed E-state index contributed by atoms with van der Waals surface area (Å²) >= 11 is 5.90. The zero-order valence-electron chi connectivity index (χ0n) is 19.4. The highest BCUT2D eigenvalue weighted by molar-refractivity contribution is 6.30. The lowest BCUT2D eigenvalue weighted by atomic mass is 9.83. The molecule has 2 aromatic carbocycles. The minimum absolute atomic E-state index is 0.0313. The largest absolute Gasteiger partial charge is 0.493 e. The van der Waals surface area contributed by atoms with Crippen molar-refractivity contribution >= 4 is 34.1 Å². The van der Waals surface area contributed by atoms with Gasteiger partial charge in [0.25, 0.3) is 11.5 Å². The van der Waals surface area contributed by atoms with Crippen molar-refractivity contribution in [3.8, 4) is 5.88 Å². The topological polar surface area (TPSA) is 92.2 Å². The maximum absolute atomic E-state index is 12.5. The van der Waals surface area contributed by atoms with Gasteiger partial charge < -0.3 is 9.67 Å². The van der Waals surface area contributed by atoms with Gasteiger partial charge in [-0.05, 0) is 48.7 Å². The number of piperidine rings is 1. The van der Waals surface area contributed by atoms with Crippen LogP contribution < -0.4 is 5.56 Å². The van der Waals surface area contributed by atoms with E-state index in [4.69, 9.17) is 11.6 Å². The van der Waals surface area contributed by atoms with Crippen LogP contribution in [0.1, 0.15) is 28.4 Å². The minimum atomic E-state index is -0.513. The van der Waals surface area contributed by atoms with Gasteiger partial charge in [-0.15, -0.1) is 10.2 Å². The molecule has 2 atom stereocenters. The van der Waals surface area contributed by atoms with Crippen molar-refractivity contribution in [2.75, 3.05) is 13.1 Å². The Kier molecular flexibility index (Phi) is 5.70. The molecule has 0 spiro atoms. The molecule has 0 radical (unpaired) electrons. The Bertz CT molecular complexity index is 1560. The second kappa shape index (κ2) is 9.04. The zero-order valence-corrected chi connectivity index (χ0v) is 20.2. The van der Waals surface area contributed by atoms with Crippen LogP contribution in [-0.2, 0) is 13.2 Å². The molecule has 6 rings (SSSR count). The smallest absolute Gasteiger partial charge is 0.295 e. The van der Waals surface area contributed by atoms with E-state index in [1.807, 2.05) is 45.5 Å². The lowest BCUT2D eigenvalue weighted by Crippen LogP contribution is -2.47. The lowest BCUT2D eigenvalue weighted by molar-refractivity contribution is 0.0922. The van der Waals surface area contributed by atoms with Gasteiger partial charge in [0.1, 0.15) is 0 Å². The molecule has 2 aromatic heterocycles. The van der Waals surface area contributed by atoms with E-state index in [1.54, 1.807) is 30.3 Å². The van der Waals surface area contributed by atoms with Gasteiger partial charge in [-0.3, -0.25) is 19.1 Å². The minimum Gasteiger partial charge on any atom is -0.493 e. The number of aromatic nitrogens is 2. The highest BCUT2D eigenvalue weighted by Crippen LogP contribution is 2.40. The standard InChI is InChI=1S/C27H24ClN5O3/c28-20-10-8-18(9-11-20)26(35)30-29-25-21-4-1-2-5-23(21)33(27(25)36)16-31-13-17-12-19(15-31)22-6-3-7-24(34)32(22)14-17/h1-11,17,19,36H,12-16H2/t17-,19+/m0/s1. The van der Waals surface area contributed by atoms with Crippen molar-refractivity contribution < 1.29 is 9.90 Å². The van der Waals surface area contributed by atoms with E-state index in [9.17, 15) is 14.7 Å². The van der Waals surface area contributed by atoms with Crippen LogP contribution in [0.5, 0.6) is 5.88 Å². The van der Waals surface area contributed by atoms with Crippen LogP contribution >= 0.6 is 11.6 Å². The number of carbonyl (C=O) groups is 1. The van der Waals surface area contributed by atoms with E-state index >= 15 is 0 Å². The third-order valence-corrected chi connectivity index (χ3v) is 7.40. The van der Waals surface area contributed by atoms with Crippen molar-refractivity contribution in [1.82, 2.24) is 14.0 Å². The number of carbonyl (C=O) groups excluding carboxylic acids is 1. The Morgan fingerprint density at radius 1 is 1.00 bits per heavy atom. The number of rotatable bonds is 4. The van der Waals surface area contributed by atoms with Gasteiger partial charge >= 0.3 is 0 Å². The van der Waals surface area contributed by atoms with E-state index in [1.165, 1.54) is 0 Å². The monoisotopic (exact) mass is 501 g/mol. The normalized spacial score (nSPS) is 19.6. The van der Waals surface area contributed by atoms with Crippen molar-refractivity contribution in [2.24, 2.45) is 16.1 Å². The molecule has 2 bridgehead atoms. The molecule has 0 aliphatic carbocycles. The Labute approximate surface area is 212 Å². The lowest BCUT2D eigenvalue weighted by Gasteiger charge is -2.42. The summed E-state index contributed by atoms with van der Waals surface area (Å²) in [6.45, 7) is 2.80. The number of nitrogens with zero attached hydrogens (tertiary/aromatic N) is 5. The molecule has 8 nitrogen and oxygen atoms in total. The van der Waals surface area contributed by atoms with E-state index in [0.717, 1.165) is 36.1 Å². The van der Waals surface area contributed by atoms with Gasteiger partial charge in [-0.2, -0.15) is 0 Å². The SMILES string of the molecule is O=C(N=Nc1c(O)n(CN2C[C@@H]3C[C@H](C2)c2cccc(=O)n2C3)c2ccccc12)c1ccc(Cl)cc1. The molecule has 36 heavy (non-hydrogen) atoms. The van der Waals surface area contributed by atoms with Gasteiger partial charge in [0.15, 0.2) is 5.69 Å². The summed E-state index contributed by atoms with van der Waals surface area (Å²) in [5.74, 6) is 0.0971. The van der Waals surface area contributed by atoms with Crippen LogP contribution in [0.4, 0.5) is 5.69 Å². The number of aromatic hydroxyl groups is 1. The van der Waals surface area contributed by atoms with E-state index in [2.05, 4.69) is 15.1 Å². The fourth-order valence-electron chi connectivity index (χ4n) is 5.57. The Balaban J connectivity index is 1.29. The number of likely N-dealkylation sites (tertiary alicyclic amines) is 1. The predicted molar refractivity (Wildman–Crippen MR) is 137 cm³/mol. The number of hydrogen-bond donors (Lipinski definition) is 1. The molecule has 2 aliphatic heterocycles. The fourth-order valence-corrected chi connectivity index (χ4v) is 5.70. The number of hydrogen-bond acceptors (Lipinski definition) is 5. The predicted octanol–water partition coefficient (Wildman–Crippen LogP) is 5.16. The third-order valence-electron chi connectivity index (χ3n) is 7.15. The number of pyridine rings is 1. The first-order valence-corrected chi connectivity index (χ1v) is 12.3. The molecule has 182 valence electrons. The summed E-state index contributed by atoms with van der Waals surface area (Å²) in [4.78, 5) is 27.2. The molecule has 1 saturated heterocycles. The van der Waals surface area contributed by atoms with Crippen LogP contribution in [0.15, 0.2) is 81.8 Å². The Morgan fingerprint density at radius 2 is 1.81 bits per heavy atom. The molecule has 1 fully saturated rings. The van der Waals surface area contributed by atoms with Crippen molar-refractivity contribution in [3.05, 3.63) is 93.4 Å². The molecular weight excluding hydrogens is 478 g/mol. The zero-order chi connectivity index (χ0) is 24.8. The number of azo groups is 1. The number of halogens is 1. The number of para-hydroxylation sites is 1. The summed E-state index contributed by atoms with van der Waals surface area (Å²) < 4.78 is 3.73. The van der Waals surface area contributed by atoms with Crippen LogP contribution in [0, 0.1) is 5.92 Å². The van der Waals surface area contributed by atoms with Crippen LogP contribution in [0.2, 0.25) is 5.02 Å². The highest BCUT2D eigenvalue weighted by Gasteiger charge is 2.35. The molecule has 1 amide bonds. The summed E-state index contributed by atoms with van der Waals surface area (Å²) in [7, 11) is 0. The molecule has 1 N–H and O–H groups in total. The summed E-state index contributed by atoms with van der Waals surface area (Å²) in [5.41, 5.74) is 2.59. The van der Waals surface area contributed by atoms with Crippen molar-refractivity contribution in [3.63, 3.8) is 0 Å². The molecule has 2 aliphatic rings. The fraction of sp³-hybridized carbons (Fsp3) is 0.259. The molecule has 9 heteroatoms. The first-order chi connectivity index (χ1) is 17.5. The first kappa shape index (κ1) is 22.7. The number of benzene rings is 2. The summed E-state index contributed by atoms with van der Waals surface area (Å²) in [6.07, 6.45) is 1.06. The Morgan fingerprint density at radius 3 is 2.64 bits per heavy atom. The van der Waals surface area contributed by atoms with Crippen LogP contribution in [-0.4, -0.2) is 38.1 Å². The molecule has 4 heterocycles. The van der Waals surface area contributed by atoms with Gasteiger partial charge in [0, 0.05) is 53.3 Å². The first-order valence-electron chi connectivity index (χ1n) is 11.9. The van der Waals surface area contributed by atoms with Crippen molar-refractivity contribution in [1.29, 1.82) is 0 Å². The number of amides is 1. The average molecular weight is 502 g/mol. The Hall–Kier alpha value is -3.75. The quantitative estimate of drug-likeness (QED) is 0.391. The van der Waals surface area contributed by atoms with E-state index in [0.29, 0.717) is 29.7 Å². The maximum atomic E-state index is 12.5. The molecular formula is C27H24ClN5O3. The molecule has 0 saturated carbocycles.